The molecule has 2 unspecified atom stereocenters. The van der Waals surface area contributed by atoms with E-state index in [2.05, 4.69) is 123 Å². The number of unbranched alkanes of at least 4 members (excludes halogenated alkanes) is 8. The lowest BCUT2D eigenvalue weighted by molar-refractivity contribution is -0.154. The Labute approximate surface area is 342 Å². The number of rotatable bonds is 39. The number of carbonyl (C=O) groups excluding carboxylic acids is 1. The molecule has 0 heterocycles. The Morgan fingerprint density at radius 3 is 1.41 bits per heavy atom. The molecule has 56 heavy (non-hydrogen) atoms. The first-order valence-electron chi connectivity index (χ1n) is 21.4. The van der Waals surface area contributed by atoms with Gasteiger partial charge in [0.15, 0.2) is 0 Å². The van der Waals surface area contributed by atoms with Gasteiger partial charge in [0.2, 0.25) is 0 Å². The van der Waals surface area contributed by atoms with Crippen LogP contribution in [0.3, 0.4) is 0 Å². The summed E-state index contributed by atoms with van der Waals surface area (Å²) in [6.45, 7) is 4.55. The van der Waals surface area contributed by atoms with Crippen LogP contribution in [0.15, 0.2) is 109 Å². The van der Waals surface area contributed by atoms with Gasteiger partial charge in [-0.1, -0.05) is 155 Å². The molecular weight excluding hydrogens is 721 g/mol. The van der Waals surface area contributed by atoms with Gasteiger partial charge in [-0.25, -0.2) is 4.57 Å². The van der Waals surface area contributed by atoms with E-state index in [9.17, 15) is 14.3 Å². The second-order valence-corrected chi connectivity index (χ2v) is 14.9. The molecule has 3 N–H and O–H groups in total. The fourth-order valence-electron chi connectivity index (χ4n) is 5.14. The molecule has 0 rings (SSSR count). The molecule has 0 aliphatic carbocycles. The quantitative estimate of drug-likeness (QED) is 0.0273. The molecule has 0 bridgehead atoms. The van der Waals surface area contributed by atoms with Crippen molar-refractivity contribution in [2.24, 2.45) is 5.73 Å². The summed E-state index contributed by atoms with van der Waals surface area (Å²) in [4.78, 5) is 22.5. The van der Waals surface area contributed by atoms with Crippen molar-refractivity contribution < 1.29 is 32.8 Å². The van der Waals surface area contributed by atoms with Crippen molar-refractivity contribution in [2.75, 3.05) is 33.0 Å². The highest BCUT2D eigenvalue weighted by Gasteiger charge is 2.25. The van der Waals surface area contributed by atoms with Crippen LogP contribution in [0.4, 0.5) is 0 Å². The second kappa shape index (κ2) is 43.3. The van der Waals surface area contributed by atoms with Crippen molar-refractivity contribution >= 4 is 13.8 Å². The van der Waals surface area contributed by atoms with Crippen molar-refractivity contribution in [3.63, 3.8) is 0 Å². The van der Waals surface area contributed by atoms with Gasteiger partial charge in [0.05, 0.1) is 19.8 Å². The Kier molecular flexibility index (Phi) is 41.1. The molecule has 0 radical (unpaired) electrons. The van der Waals surface area contributed by atoms with Gasteiger partial charge in [0.25, 0.3) is 0 Å². The predicted octanol–water partition coefficient (Wildman–Crippen LogP) is 12.9. The second-order valence-electron chi connectivity index (χ2n) is 13.4. The molecule has 0 aliphatic rings. The summed E-state index contributed by atoms with van der Waals surface area (Å²) >= 11 is 0. The topological polar surface area (TPSA) is 117 Å². The number of esters is 1. The van der Waals surface area contributed by atoms with Crippen molar-refractivity contribution in [3.8, 4) is 0 Å². The summed E-state index contributed by atoms with van der Waals surface area (Å²) in [6.07, 6.45) is 58.3. The summed E-state index contributed by atoms with van der Waals surface area (Å²) in [6, 6.07) is 0. The Balaban J connectivity index is 4.18. The van der Waals surface area contributed by atoms with Crippen molar-refractivity contribution in [3.05, 3.63) is 109 Å². The molecule has 0 aromatic rings. The van der Waals surface area contributed by atoms with E-state index in [1.54, 1.807) is 0 Å². The Morgan fingerprint density at radius 1 is 0.536 bits per heavy atom. The number of hydrogen-bond donors (Lipinski definition) is 2. The van der Waals surface area contributed by atoms with Gasteiger partial charge < -0.3 is 20.1 Å². The average molecular weight is 800 g/mol. The number of allylic oxidation sites excluding steroid dienone is 18. The molecule has 0 aromatic heterocycles. The molecule has 0 amide bonds. The predicted molar refractivity (Wildman–Crippen MR) is 237 cm³/mol. The number of ether oxygens (including phenoxy) is 2. The standard InChI is InChI=1S/C47H78NO7P/c1-3-5-7-9-11-13-15-17-19-21-22-23-25-27-29-31-33-35-37-39-42-52-44-46(45-54-56(50,51)53-43-41-48)55-47(49)40-38-36-34-32-30-28-26-24-20-18-16-14-12-10-8-6-4-2/h5-8,11-14,17-20,22-23,26,28,32,34,46H,3-4,9-10,15-16,21,24-25,27,29-31,33,35-45,48H2,1-2H3,(H,50,51)/b7-5-,8-6-,13-11-,14-12-,19-17-,20-18-,23-22-,28-26-,34-32-. The molecule has 0 aliphatic heterocycles. The molecule has 0 fully saturated rings. The first-order valence-corrected chi connectivity index (χ1v) is 22.9. The van der Waals surface area contributed by atoms with E-state index < -0.39 is 19.9 Å². The normalized spacial score (nSPS) is 14.6. The van der Waals surface area contributed by atoms with E-state index in [0.717, 1.165) is 89.9 Å². The zero-order valence-corrected chi connectivity index (χ0v) is 36.0. The summed E-state index contributed by atoms with van der Waals surface area (Å²) in [5.41, 5.74) is 5.36. The molecule has 0 spiro atoms. The summed E-state index contributed by atoms with van der Waals surface area (Å²) in [5, 5.41) is 0. The Hall–Kier alpha value is -2.84. The summed E-state index contributed by atoms with van der Waals surface area (Å²) in [5.74, 6) is -0.396. The first-order chi connectivity index (χ1) is 27.4. The van der Waals surface area contributed by atoms with Crippen LogP contribution in [0, 0.1) is 0 Å². The van der Waals surface area contributed by atoms with Crippen LogP contribution in [-0.4, -0.2) is 49.9 Å². The van der Waals surface area contributed by atoms with Gasteiger partial charge in [-0.2, -0.15) is 0 Å². The van der Waals surface area contributed by atoms with E-state index >= 15 is 0 Å². The van der Waals surface area contributed by atoms with Gasteiger partial charge in [-0.05, 0) is 89.9 Å². The molecule has 2 atom stereocenters. The Morgan fingerprint density at radius 2 is 0.946 bits per heavy atom. The lowest BCUT2D eigenvalue weighted by atomic mass is 10.1. The third-order valence-corrected chi connectivity index (χ3v) is 9.17. The SMILES string of the molecule is CC/C=C\C/C=C\C/C=C\C/C=C\C/C=C\CCCC(=O)OC(COCCCCCCCCC/C=C\C/C=C\C/C=C\C/C=C\CC)COP(=O)(O)OCCN. The van der Waals surface area contributed by atoms with E-state index in [4.69, 9.17) is 24.3 Å². The van der Waals surface area contributed by atoms with Crippen LogP contribution in [0.5, 0.6) is 0 Å². The molecule has 8 nitrogen and oxygen atoms in total. The van der Waals surface area contributed by atoms with Crippen LogP contribution in [0.1, 0.15) is 142 Å². The van der Waals surface area contributed by atoms with Gasteiger partial charge in [-0.15, -0.1) is 0 Å². The maximum Gasteiger partial charge on any atom is 0.472 e. The van der Waals surface area contributed by atoms with Crippen molar-refractivity contribution in [2.45, 2.75) is 148 Å². The zero-order chi connectivity index (χ0) is 40.9. The third-order valence-electron chi connectivity index (χ3n) is 8.19. The number of carbonyl (C=O) groups is 1. The highest BCUT2D eigenvalue weighted by atomic mass is 31.2. The molecule has 9 heteroatoms. The largest absolute Gasteiger partial charge is 0.472 e. The first kappa shape index (κ1) is 53.2. The number of hydrogen-bond acceptors (Lipinski definition) is 7. The van der Waals surface area contributed by atoms with Gasteiger partial charge >= 0.3 is 13.8 Å². The van der Waals surface area contributed by atoms with Crippen molar-refractivity contribution in [1.29, 1.82) is 0 Å². The zero-order valence-electron chi connectivity index (χ0n) is 35.1. The minimum Gasteiger partial charge on any atom is -0.457 e. The highest BCUT2D eigenvalue weighted by Crippen LogP contribution is 2.43. The van der Waals surface area contributed by atoms with Gasteiger partial charge in [0.1, 0.15) is 6.10 Å². The molecule has 0 saturated carbocycles. The van der Waals surface area contributed by atoms with E-state index in [1.807, 2.05) is 0 Å². The lowest BCUT2D eigenvalue weighted by Gasteiger charge is -2.20. The minimum atomic E-state index is -4.30. The van der Waals surface area contributed by atoms with E-state index in [1.165, 1.54) is 25.7 Å². The third kappa shape index (κ3) is 42.3. The lowest BCUT2D eigenvalue weighted by Crippen LogP contribution is -2.28. The fourth-order valence-corrected chi connectivity index (χ4v) is 5.90. The van der Waals surface area contributed by atoms with Crippen LogP contribution in [-0.2, 0) is 27.9 Å². The highest BCUT2D eigenvalue weighted by molar-refractivity contribution is 7.47. The maximum absolute atomic E-state index is 12.6. The van der Waals surface area contributed by atoms with Crippen molar-refractivity contribution in [1.82, 2.24) is 0 Å². The number of nitrogens with two attached hydrogens (primary N) is 1. The van der Waals surface area contributed by atoms with Crippen LogP contribution >= 0.6 is 7.82 Å². The smallest absolute Gasteiger partial charge is 0.457 e. The number of phosphoric acid groups is 1. The van der Waals surface area contributed by atoms with E-state index in [-0.39, 0.29) is 32.8 Å². The molecular formula is C47H78NO7P. The van der Waals surface area contributed by atoms with Gasteiger partial charge in [0, 0.05) is 19.6 Å². The van der Waals surface area contributed by atoms with Crippen LogP contribution < -0.4 is 5.73 Å². The average Bonchev–Trinajstić information content (AvgIpc) is 3.19. The number of phosphoric ester groups is 1. The molecule has 0 saturated heterocycles. The van der Waals surface area contributed by atoms with Crippen LogP contribution in [0.25, 0.3) is 0 Å². The monoisotopic (exact) mass is 800 g/mol. The Bertz CT molecular complexity index is 1210. The minimum absolute atomic E-state index is 0.0781. The fraction of sp³-hybridized carbons (Fsp3) is 0.596. The summed E-state index contributed by atoms with van der Waals surface area (Å²) in [7, 11) is -4.30. The van der Waals surface area contributed by atoms with E-state index in [0.29, 0.717) is 13.0 Å². The molecule has 318 valence electrons. The summed E-state index contributed by atoms with van der Waals surface area (Å²) < 4.78 is 33.4. The molecule has 0 aromatic carbocycles. The van der Waals surface area contributed by atoms with Gasteiger partial charge in [-0.3, -0.25) is 13.8 Å². The maximum atomic E-state index is 12.6. The van der Waals surface area contributed by atoms with Crippen LogP contribution in [0.2, 0.25) is 0 Å².